The molecule has 2 amide bonds. The summed E-state index contributed by atoms with van der Waals surface area (Å²) in [5.41, 5.74) is 3.29. The van der Waals surface area contributed by atoms with Crippen LogP contribution in [-0.2, 0) is 35.6 Å². The molecule has 0 aliphatic carbocycles. The van der Waals surface area contributed by atoms with E-state index in [1.807, 2.05) is 42.0 Å². The Bertz CT molecular complexity index is 1540. The van der Waals surface area contributed by atoms with E-state index in [1.165, 1.54) is 4.31 Å². The van der Waals surface area contributed by atoms with Crippen molar-refractivity contribution in [2.45, 2.75) is 18.4 Å². The average molecular weight is 553 g/mol. The van der Waals surface area contributed by atoms with Gasteiger partial charge in [0.2, 0.25) is 15.9 Å². The second kappa shape index (κ2) is 11.3. The van der Waals surface area contributed by atoms with Gasteiger partial charge in [-0.05, 0) is 37.3 Å². The predicted molar refractivity (Wildman–Crippen MR) is 149 cm³/mol. The summed E-state index contributed by atoms with van der Waals surface area (Å²) in [5, 5.41) is 3.72. The summed E-state index contributed by atoms with van der Waals surface area (Å²) in [4.78, 5) is 27.8. The summed E-state index contributed by atoms with van der Waals surface area (Å²) in [6, 6.07) is 12.5. The molecule has 2 aliphatic heterocycles. The Labute approximate surface area is 227 Å². The quantitative estimate of drug-likeness (QED) is 0.322. The number of para-hydroxylation sites is 1. The molecule has 5 rings (SSSR count). The van der Waals surface area contributed by atoms with E-state index >= 15 is 0 Å². The molecule has 2 aromatic carbocycles. The van der Waals surface area contributed by atoms with Gasteiger partial charge in [-0.15, -0.1) is 0 Å². The topological polar surface area (TPSA) is 110 Å². The lowest BCUT2D eigenvalue weighted by molar-refractivity contribution is -0.121. The molecule has 1 N–H and O–H groups in total. The Morgan fingerprint density at radius 2 is 1.92 bits per heavy atom. The van der Waals surface area contributed by atoms with Crippen molar-refractivity contribution in [3.63, 3.8) is 0 Å². The number of nitrogens with zero attached hydrogens (tertiary/aromatic N) is 3. The number of aromatic nitrogens is 1. The van der Waals surface area contributed by atoms with Crippen LogP contribution in [0.3, 0.4) is 0 Å². The van der Waals surface area contributed by atoms with Crippen LogP contribution in [0.15, 0.2) is 53.6 Å². The number of fused-ring (bicyclic) bond motifs is 2. The van der Waals surface area contributed by atoms with Gasteiger partial charge in [-0.3, -0.25) is 9.59 Å². The van der Waals surface area contributed by atoms with E-state index in [0.29, 0.717) is 62.8 Å². The minimum absolute atomic E-state index is 0.112. The number of carbonyl (C=O) groups is 2. The van der Waals surface area contributed by atoms with Gasteiger partial charge in [-0.2, -0.15) is 4.31 Å². The fraction of sp³-hybridized carbons (Fsp3) is 0.357. The van der Waals surface area contributed by atoms with E-state index in [0.717, 1.165) is 16.5 Å². The van der Waals surface area contributed by atoms with E-state index < -0.39 is 10.0 Å². The Kier molecular flexibility index (Phi) is 7.85. The van der Waals surface area contributed by atoms with E-state index in [9.17, 15) is 18.0 Å². The maximum absolute atomic E-state index is 13.5. The zero-order chi connectivity index (χ0) is 27.6. The van der Waals surface area contributed by atoms with Crippen LogP contribution in [0.5, 0.6) is 0 Å². The third-order valence-electron chi connectivity index (χ3n) is 7.01. The van der Waals surface area contributed by atoms with Crippen LogP contribution in [0, 0.1) is 0 Å². The van der Waals surface area contributed by atoms with Crippen molar-refractivity contribution in [1.29, 1.82) is 0 Å². The van der Waals surface area contributed by atoms with Gasteiger partial charge < -0.3 is 24.3 Å². The Morgan fingerprint density at radius 1 is 1.15 bits per heavy atom. The molecule has 2 aliphatic rings. The van der Waals surface area contributed by atoms with E-state index in [2.05, 4.69) is 5.32 Å². The molecule has 1 fully saturated rings. The average Bonchev–Trinajstić information content (AvgIpc) is 3.42. The van der Waals surface area contributed by atoms with Crippen LogP contribution in [-0.4, -0.2) is 82.2 Å². The first kappa shape index (κ1) is 27.1. The van der Waals surface area contributed by atoms with Crippen LogP contribution in [0.25, 0.3) is 22.6 Å². The van der Waals surface area contributed by atoms with Crippen molar-refractivity contribution in [3.8, 4) is 0 Å². The summed E-state index contributed by atoms with van der Waals surface area (Å²) in [7, 11) is -2.16. The van der Waals surface area contributed by atoms with Crippen molar-refractivity contribution in [3.05, 3.63) is 59.8 Å². The third kappa shape index (κ3) is 5.22. The standard InChI is InChI=1S/C28H32N4O6S/c1-3-32-26-9-8-21(39(35,36)31-11-14-38-15-12-31)17-23(26)24(28(32)34)16-20-18-30(19-27(33)29-10-13-37-2)25-7-5-4-6-22(20)25/h4-9,16-18H,3,10-15,19H2,1-2H3,(H,29,33). The van der Waals surface area contributed by atoms with Crippen molar-refractivity contribution < 1.29 is 27.5 Å². The van der Waals surface area contributed by atoms with Gasteiger partial charge in [-0.1, -0.05) is 18.2 Å². The van der Waals surface area contributed by atoms with Crippen LogP contribution >= 0.6 is 0 Å². The third-order valence-corrected chi connectivity index (χ3v) is 8.90. The molecule has 206 valence electrons. The molecule has 0 atom stereocenters. The minimum Gasteiger partial charge on any atom is -0.383 e. The Morgan fingerprint density at radius 3 is 2.67 bits per heavy atom. The number of hydrogen-bond acceptors (Lipinski definition) is 6. The monoisotopic (exact) mass is 552 g/mol. The summed E-state index contributed by atoms with van der Waals surface area (Å²) in [5.74, 6) is -0.341. The molecular weight excluding hydrogens is 520 g/mol. The zero-order valence-electron chi connectivity index (χ0n) is 22.1. The first-order valence-corrected chi connectivity index (χ1v) is 14.4. The van der Waals surface area contributed by atoms with Gasteiger partial charge in [0, 0.05) is 67.1 Å². The number of methoxy groups -OCH3 is 1. The number of ether oxygens (including phenoxy) is 2. The number of amides is 2. The van der Waals surface area contributed by atoms with E-state index in [4.69, 9.17) is 9.47 Å². The normalized spacial score (nSPS) is 17.2. The Balaban J connectivity index is 1.55. The molecule has 11 heteroatoms. The highest BCUT2D eigenvalue weighted by Gasteiger charge is 2.34. The fourth-order valence-corrected chi connectivity index (χ4v) is 6.50. The number of carbonyl (C=O) groups excluding carboxylic acids is 2. The maximum atomic E-state index is 13.5. The van der Waals surface area contributed by atoms with E-state index in [1.54, 1.807) is 36.3 Å². The molecular formula is C28H32N4O6S. The number of likely N-dealkylation sites (N-methyl/N-ethyl adjacent to an activating group) is 1. The number of nitrogens with one attached hydrogen (secondary N) is 1. The number of hydrogen-bond donors (Lipinski definition) is 1. The lowest BCUT2D eigenvalue weighted by Crippen LogP contribution is -2.40. The van der Waals surface area contributed by atoms with Gasteiger partial charge in [0.05, 0.1) is 30.4 Å². The molecule has 0 saturated carbocycles. The largest absolute Gasteiger partial charge is 0.383 e. The smallest absolute Gasteiger partial charge is 0.258 e. The van der Waals surface area contributed by atoms with Crippen molar-refractivity contribution in [1.82, 2.24) is 14.2 Å². The van der Waals surface area contributed by atoms with Crippen LogP contribution in [0.4, 0.5) is 5.69 Å². The second-order valence-electron chi connectivity index (χ2n) is 9.38. The molecule has 1 saturated heterocycles. The summed E-state index contributed by atoms with van der Waals surface area (Å²) < 4.78 is 40.3. The molecule has 0 unspecified atom stereocenters. The molecule has 3 heterocycles. The number of sulfonamides is 1. The number of benzene rings is 2. The lowest BCUT2D eigenvalue weighted by Gasteiger charge is -2.26. The summed E-state index contributed by atoms with van der Waals surface area (Å²) in [6.45, 7) is 4.58. The van der Waals surface area contributed by atoms with E-state index in [-0.39, 0.29) is 23.3 Å². The number of anilines is 1. The van der Waals surface area contributed by atoms with Crippen LogP contribution < -0.4 is 10.2 Å². The molecule has 3 aromatic rings. The van der Waals surface area contributed by atoms with Gasteiger partial charge in [0.1, 0.15) is 6.54 Å². The van der Waals surface area contributed by atoms with Crippen LogP contribution in [0.2, 0.25) is 0 Å². The van der Waals surface area contributed by atoms with Crippen molar-refractivity contribution in [2.75, 3.05) is 58.0 Å². The molecule has 0 radical (unpaired) electrons. The summed E-state index contributed by atoms with van der Waals surface area (Å²) in [6.07, 6.45) is 3.65. The minimum atomic E-state index is -3.74. The van der Waals surface area contributed by atoms with Gasteiger partial charge in [0.15, 0.2) is 0 Å². The molecule has 0 spiro atoms. The number of morpholine rings is 1. The lowest BCUT2D eigenvalue weighted by atomic mass is 10.0. The zero-order valence-corrected chi connectivity index (χ0v) is 22.9. The highest BCUT2D eigenvalue weighted by Crippen LogP contribution is 2.40. The van der Waals surface area contributed by atoms with Gasteiger partial charge in [0.25, 0.3) is 5.91 Å². The highest BCUT2D eigenvalue weighted by molar-refractivity contribution is 7.89. The Hall–Kier alpha value is -3.51. The van der Waals surface area contributed by atoms with Gasteiger partial charge >= 0.3 is 0 Å². The molecule has 10 nitrogen and oxygen atoms in total. The first-order chi connectivity index (χ1) is 18.8. The summed E-state index contributed by atoms with van der Waals surface area (Å²) >= 11 is 0. The molecule has 0 bridgehead atoms. The predicted octanol–water partition coefficient (Wildman–Crippen LogP) is 2.33. The highest BCUT2D eigenvalue weighted by atomic mass is 32.2. The molecule has 39 heavy (non-hydrogen) atoms. The first-order valence-electron chi connectivity index (χ1n) is 12.9. The molecule has 1 aromatic heterocycles. The number of rotatable bonds is 9. The van der Waals surface area contributed by atoms with Crippen molar-refractivity contribution >= 4 is 50.1 Å². The second-order valence-corrected chi connectivity index (χ2v) is 11.3. The maximum Gasteiger partial charge on any atom is 0.258 e. The fourth-order valence-electron chi connectivity index (χ4n) is 5.07. The SMILES string of the molecule is CCN1C(=O)C(=Cc2cn(CC(=O)NCCOC)c3ccccc23)c2cc(S(=O)(=O)N3CCOCC3)ccc21. The van der Waals surface area contributed by atoms with Crippen molar-refractivity contribution in [2.24, 2.45) is 0 Å². The van der Waals surface area contributed by atoms with Crippen LogP contribution in [0.1, 0.15) is 18.1 Å². The van der Waals surface area contributed by atoms with Gasteiger partial charge in [-0.25, -0.2) is 8.42 Å².